The zero-order valence-corrected chi connectivity index (χ0v) is 21.3. The average Bonchev–Trinajstić information content (AvgIpc) is 3.21. The number of ether oxygens (including phenoxy) is 1. The molecule has 3 rings (SSSR count). The standard InChI is InChI=1S/C27H33NO4S/c1-16-12-21(13-17(2)26(16)32-27(5,6)18(3)29)23-14-28(19(4)30)15-24(23)25(31)20-8-10-22(33-7)11-9-20/h8-13,23-24H,14-15H2,1-7H3/t23-,24-/m0/s1. The molecule has 1 amide bonds. The molecule has 0 spiro atoms. The number of carbonyl (C=O) groups is 3. The molecule has 2 aromatic rings. The molecule has 0 N–H and O–H groups in total. The summed E-state index contributed by atoms with van der Waals surface area (Å²) >= 11 is 1.64. The normalized spacial score (nSPS) is 18.3. The maximum absolute atomic E-state index is 13.5. The van der Waals surface area contributed by atoms with Crippen LogP contribution in [0.25, 0.3) is 0 Å². The number of ketones is 2. The maximum atomic E-state index is 13.5. The molecule has 2 aromatic carbocycles. The zero-order valence-electron chi connectivity index (χ0n) is 20.5. The van der Waals surface area contributed by atoms with Crippen molar-refractivity contribution >= 4 is 29.2 Å². The van der Waals surface area contributed by atoms with Gasteiger partial charge in [-0.1, -0.05) is 24.3 Å². The number of likely N-dealkylation sites (tertiary alicyclic amines) is 1. The smallest absolute Gasteiger partial charge is 0.219 e. The van der Waals surface area contributed by atoms with Crippen LogP contribution >= 0.6 is 11.8 Å². The number of hydrogen-bond acceptors (Lipinski definition) is 5. The summed E-state index contributed by atoms with van der Waals surface area (Å²) in [5, 5.41) is 0. The van der Waals surface area contributed by atoms with Gasteiger partial charge in [0.1, 0.15) is 5.75 Å². The second-order valence-electron chi connectivity index (χ2n) is 9.38. The highest BCUT2D eigenvalue weighted by Crippen LogP contribution is 2.39. The first-order valence-electron chi connectivity index (χ1n) is 11.2. The van der Waals surface area contributed by atoms with E-state index in [1.165, 1.54) is 6.92 Å². The third-order valence-corrected chi connectivity index (χ3v) is 7.34. The molecule has 1 fully saturated rings. The molecule has 6 heteroatoms. The summed E-state index contributed by atoms with van der Waals surface area (Å²) in [5.41, 5.74) is 2.59. The summed E-state index contributed by atoms with van der Waals surface area (Å²) in [4.78, 5) is 40.5. The predicted molar refractivity (Wildman–Crippen MR) is 132 cm³/mol. The van der Waals surface area contributed by atoms with Gasteiger partial charge in [-0.25, -0.2) is 0 Å². The Hall–Kier alpha value is -2.60. The number of nitrogens with zero attached hydrogens (tertiary/aromatic N) is 1. The van der Waals surface area contributed by atoms with E-state index in [-0.39, 0.29) is 29.3 Å². The van der Waals surface area contributed by atoms with Gasteiger partial charge >= 0.3 is 0 Å². The van der Waals surface area contributed by atoms with E-state index in [1.807, 2.05) is 56.5 Å². The van der Waals surface area contributed by atoms with Crippen LogP contribution in [0.1, 0.15) is 60.7 Å². The summed E-state index contributed by atoms with van der Waals surface area (Å²) < 4.78 is 6.08. The van der Waals surface area contributed by atoms with Gasteiger partial charge in [0.25, 0.3) is 0 Å². The first-order valence-corrected chi connectivity index (χ1v) is 12.4. The third-order valence-electron chi connectivity index (χ3n) is 6.59. The van der Waals surface area contributed by atoms with Crippen LogP contribution in [-0.4, -0.2) is 47.3 Å². The summed E-state index contributed by atoms with van der Waals surface area (Å²) in [6.45, 7) is 11.4. The minimum atomic E-state index is -0.919. The Kier molecular flexibility index (Phi) is 7.37. The van der Waals surface area contributed by atoms with Crippen molar-refractivity contribution in [2.75, 3.05) is 19.3 Å². The van der Waals surface area contributed by atoms with Crippen LogP contribution in [-0.2, 0) is 9.59 Å². The highest BCUT2D eigenvalue weighted by molar-refractivity contribution is 7.98. The fourth-order valence-corrected chi connectivity index (χ4v) is 4.73. The van der Waals surface area contributed by atoms with Gasteiger partial charge in [-0.2, -0.15) is 0 Å². The van der Waals surface area contributed by atoms with Gasteiger partial charge in [-0.3, -0.25) is 14.4 Å². The average molecular weight is 468 g/mol. The van der Waals surface area contributed by atoms with Crippen molar-refractivity contribution in [3.8, 4) is 5.75 Å². The van der Waals surface area contributed by atoms with E-state index in [1.54, 1.807) is 37.4 Å². The lowest BCUT2D eigenvalue weighted by Crippen LogP contribution is -2.36. The Balaban J connectivity index is 1.96. The number of carbonyl (C=O) groups excluding carboxylic acids is 3. The Bertz CT molecular complexity index is 1050. The second-order valence-corrected chi connectivity index (χ2v) is 10.3. The minimum absolute atomic E-state index is 0.0235. The fourth-order valence-electron chi connectivity index (χ4n) is 4.32. The molecule has 0 radical (unpaired) electrons. The molecule has 33 heavy (non-hydrogen) atoms. The van der Waals surface area contributed by atoms with Gasteiger partial charge < -0.3 is 9.64 Å². The molecule has 176 valence electrons. The Morgan fingerprint density at radius 2 is 1.58 bits per heavy atom. The van der Waals surface area contributed by atoms with Crippen LogP contribution < -0.4 is 4.74 Å². The second kappa shape index (κ2) is 9.72. The molecule has 1 saturated heterocycles. The molecule has 1 heterocycles. The Morgan fingerprint density at radius 1 is 1.00 bits per heavy atom. The predicted octanol–water partition coefficient (Wildman–Crippen LogP) is 5.22. The van der Waals surface area contributed by atoms with Crippen molar-refractivity contribution in [1.29, 1.82) is 0 Å². The van der Waals surface area contributed by atoms with Gasteiger partial charge in [0.15, 0.2) is 17.2 Å². The van der Waals surface area contributed by atoms with Crippen molar-refractivity contribution in [3.05, 3.63) is 58.7 Å². The molecule has 0 bridgehead atoms. The summed E-state index contributed by atoms with van der Waals surface area (Å²) in [5.74, 6) is 0.267. The van der Waals surface area contributed by atoms with Gasteiger partial charge in [-0.05, 0) is 69.7 Å². The summed E-state index contributed by atoms with van der Waals surface area (Å²) in [6, 6.07) is 11.7. The molecule has 0 unspecified atom stereocenters. The number of rotatable bonds is 7. The first kappa shape index (κ1) is 25.0. The number of aryl methyl sites for hydroxylation is 2. The van der Waals surface area contributed by atoms with Crippen molar-refractivity contribution in [1.82, 2.24) is 4.90 Å². The highest BCUT2D eigenvalue weighted by atomic mass is 32.2. The van der Waals surface area contributed by atoms with Gasteiger partial charge in [0.05, 0.1) is 0 Å². The van der Waals surface area contributed by atoms with Crippen LogP contribution in [0.2, 0.25) is 0 Å². The minimum Gasteiger partial charge on any atom is -0.480 e. The Morgan fingerprint density at radius 3 is 2.06 bits per heavy atom. The van der Waals surface area contributed by atoms with Crippen LogP contribution in [0.5, 0.6) is 5.75 Å². The van der Waals surface area contributed by atoms with E-state index in [0.717, 1.165) is 21.6 Å². The van der Waals surface area contributed by atoms with Crippen molar-refractivity contribution in [3.63, 3.8) is 0 Å². The largest absolute Gasteiger partial charge is 0.480 e. The molecule has 1 aliphatic heterocycles. The topological polar surface area (TPSA) is 63.7 Å². The molecule has 0 aromatic heterocycles. The van der Waals surface area contributed by atoms with Crippen molar-refractivity contribution < 1.29 is 19.1 Å². The van der Waals surface area contributed by atoms with Crippen LogP contribution in [0, 0.1) is 19.8 Å². The number of amides is 1. The lowest BCUT2D eigenvalue weighted by Gasteiger charge is -2.27. The molecular weight excluding hydrogens is 434 g/mol. The van der Waals surface area contributed by atoms with Gasteiger partial charge in [0.2, 0.25) is 5.91 Å². The summed E-state index contributed by atoms with van der Waals surface area (Å²) in [7, 11) is 0. The lowest BCUT2D eigenvalue weighted by atomic mass is 9.82. The SMILES string of the molecule is CSc1ccc(C(=O)[C@H]2CN(C(C)=O)C[C@H]2c2cc(C)c(OC(C)(C)C(C)=O)c(C)c2)cc1. The maximum Gasteiger partial charge on any atom is 0.219 e. The van der Waals surface area contributed by atoms with E-state index in [4.69, 9.17) is 4.74 Å². The van der Waals surface area contributed by atoms with Crippen LogP contribution in [0.3, 0.4) is 0 Å². The van der Waals surface area contributed by atoms with E-state index < -0.39 is 5.60 Å². The molecule has 0 saturated carbocycles. The lowest BCUT2D eigenvalue weighted by molar-refractivity contribution is -0.129. The highest BCUT2D eigenvalue weighted by Gasteiger charge is 2.40. The monoisotopic (exact) mass is 467 g/mol. The van der Waals surface area contributed by atoms with Crippen molar-refractivity contribution in [2.24, 2.45) is 5.92 Å². The van der Waals surface area contributed by atoms with Crippen LogP contribution in [0.4, 0.5) is 0 Å². The number of thioether (sulfide) groups is 1. The third kappa shape index (κ3) is 5.32. The van der Waals surface area contributed by atoms with E-state index in [2.05, 4.69) is 0 Å². The summed E-state index contributed by atoms with van der Waals surface area (Å²) in [6.07, 6.45) is 2.00. The number of benzene rings is 2. The van der Waals surface area contributed by atoms with Crippen molar-refractivity contribution in [2.45, 2.75) is 58.0 Å². The molecule has 2 atom stereocenters. The molecule has 5 nitrogen and oxygen atoms in total. The number of hydrogen-bond donors (Lipinski definition) is 0. The first-order chi connectivity index (χ1) is 15.4. The zero-order chi connectivity index (χ0) is 24.5. The molecular formula is C27H33NO4S. The molecule has 1 aliphatic rings. The quantitative estimate of drug-likeness (QED) is 0.413. The number of Topliss-reactive ketones (excluding diaryl/α,β-unsaturated/α-hetero) is 2. The molecule has 0 aliphatic carbocycles. The fraction of sp³-hybridized carbons (Fsp3) is 0.444. The Labute approximate surface area is 200 Å². The van der Waals surface area contributed by atoms with E-state index >= 15 is 0 Å². The van der Waals surface area contributed by atoms with E-state index in [9.17, 15) is 14.4 Å². The van der Waals surface area contributed by atoms with E-state index in [0.29, 0.717) is 24.4 Å². The van der Waals surface area contributed by atoms with Crippen LogP contribution in [0.15, 0.2) is 41.3 Å². The van der Waals surface area contributed by atoms with Gasteiger partial charge in [-0.15, -0.1) is 11.8 Å². The van der Waals surface area contributed by atoms with Gasteiger partial charge in [0, 0.05) is 42.3 Å².